The fourth-order valence-corrected chi connectivity index (χ4v) is 3.91. The van der Waals surface area contributed by atoms with E-state index in [0.29, 0.717) is 11.3 Å². The number of hydrogen-bond donors (Lipinski definition) is 2. The first kappa shape index (κ1) is 24.1. The van der Waals surface area contributed by atoms with Gasteiger partial charge in [0.2, 0.25) is 5.78 Å². The van der Waals surface area contributed by atoms with Gasteiger partial charge in [-0.05, 0) is 60.9 Å². The highest BCUT2D eigenvalue weighted by molar-refractivity contribution is 6.38. The molecule has 0 saturated heterocycles. The molecule has 0 radical (unpaired) electrons. The zero-order valence-electron chi connectivity index (χ0n) is 19.8. The third-order valence-electron chi connectivity index (χ3n) is 6.02. The van der Waals surface area contributed by atoms with Crippen LogP contribution in [0.3, 0.4) is 0 Å². The highest BCUT2D eigenvalue weighted by Crippen LogP contribution is 2.21. The van der Waals surface area contributed by atoms with Gasteiger partial charge in [0.25, 0.3) is 11.8 Å². The van der Waals surface area contributed by atoms with E-state index in [1.807, 2.05) is 30.3 Å². The zero-order chi connectivity index (χ0) is 25.8. The molecule has 37 heavy (non-hydrogen) atoms. The molecule has 1 unspecified atom stereocenters. The van der Waals surface area contributed by atoms with Crippen LogP contribution in [-0.2, 0) is 16.0 Å². The van der Waals surface area contributed by atoms with Crippen LogP contribution >= 0.6 is 0 Å². The molecule has 1 fully saturated rings. The van der Waals surface area contributed by atoms with E-state index in [1.54, 1.807) is 36.5 Å². The number of amides is 2. The van der Waals surface area contributed by atoms with Crippen molar-refractivity contribution in [2.45, 2.75) is 31.3 Å². The molecule has 5 rings (SSSR count). The number of ketones is 1. The molecule has 1 aliphatic carbocycles. The Hall–Kier alpha value is -4.66. The van der Waals surface area contributed by atoms with Gasteiger partial charge in [-0.25, -0.2) is 14.1 Å². The van der Waals surface area contributed by atoms with Crippen molar-refractivity contribution in [3.05, 3.63) is 102 Å². The standard InChI is InChI=1S/C28H24FN5O3/c29-20-10-8-19(9-11-20)23-14-16-34(33-23)26-22(7-4-15-30-26)27(36)32-24(17-18-5-2-1-3-6-18)25(35)28(37)31-21-12-13-21/h1-11,14-16,21,24H,12-13,17H2,(H,31,37)(H,32,36). The van der Waals surface area contributed by atoms with Crippen LogP contribution in [0.2, 0.25) is 0 Å². The summed E-state index contributed by atoms with van der Waals surface area (Å²) < 4.78 is 14.7. The highest BCUT2D eigenvalue weighted by atomic mass is 19.1. The minimum absolute atomic E-state index is 0.0181. The summed E-state index contributed by atoms with van der Waals surface area (Å²) in [6, 6.07) is 19.0. The molecule has 2 amide bonds. The van der Waals surface area contributed by atoms with Gasteiger partial charge in [-0.2, -0.15) is 5.10 Å². The van der Waals surface area contributed by atoms with Gasteiger partial charge in [0.15, 0.2) is 5.82 Å². The first-order valence-electron chi connectivity index (χ1n) is 11.9. The van der Waals surface area contributed by atoms with E-state index in [2.05, 4.69) is 20.7 Å². The molecule has 0 spiro atoms. The lowest BCUT2D eigenvalue weighted by atomic mass is 10.0. The van der Waals surface area contributed by atoms with E-state index < -0.39 is 23.6 Å². The van der Waals surface area contributed by atoms with Crippen LogP contribution in [0.25, 0.3) is 17.1 Å². The van der Waals surface area contributed by atoms with Crippen LogP contribution in [0, 0.1) is 5.82 Å². The Labute approximate surface area is 212 Å². The number of Topliss-reactive ketones (excluding diaryl/α,β-unsaturated/α-hetero) is 1. The molecule has 186 valence electrons. The summed E-state index contributed by atoms with van der Waals surface area (Å²) in [5.41, 5.74) is 2.27. The van der Waals surface area contributed by atoms with Crippen molar-refractivity contribution in [3.63, 3.8) is 0 Å². The lowest BCUT2D eigenvalue weighted by Gasteiger charge is -2.18. The molecular formula is C28H24FN5O3. The van der Waals surface area contributed by atoms with Crippen LogP contribution in [0.5, 0.6) is 0 Å². The smallest absolute Gasteiger partial charge is 0.289 e. The number of pyridine rings is 1. The first-order valence-corrected chi connectivity index (χ1v) is 11.9. The van der Waals surface area contributed by atoms with Gasteiger partial charge in [-0.3, -0.25) is 14.4 Å². The molecule has 0 bridgehead atoms. The van der Waals surface area contributed by atoms with Gasteiger partial charge in [-0.1, -0.05) is 30.3 Å². The average Bonchev–Trinajstić information content (AvgIpc) is 3.60. The molecule has 9 heteroatoms. The van der Waals surface area contributed by atoms with Crippen LogP contribution < -0.4 is 10.6 Å². The molecule has 2 aromatic carbocycles. The number of halogens is 1. The maximum Gasteiger partial charge on any atom is 0.289 e. The summed E-state index contributed by atoms with van der Waals surface area (Å²) in [5.74, 6) is -2.06. The molecule has 1 aliphatic rings. The Morgan fingerprint density at radius 1 is 0.973 bits per heavy atom. The van der Waals surface area contributed by atoms with Gasteiger partial charge in [0, 0.05) is 30.4 Å². The van der Waals surface area contributed by atoms with E-state index in [-0.39, 0.29) is 29.7 Å². The second-order valence-corrected chi connectivity index (χ2v) is 8.85. The van der Waals surface area contributed by atoms with Crippen molar-refractivity contribution in [1.29, 1.82) is 0 Å². The number of aromatic nitrogens is 3. The fourth-order valence-electron chi connectivity index (χ4n) is 3.91. The van der Waals surface area contributed by atoms with Crippen LogP contribution in [0.4, 0.5) is 4.39 Å². The number of hydrogen-bond acceptors (Lipinski definition) is 5. The van der Waals surface area contributed by atoms with Crippen LogP contribution in [0.15, 0.2) is 85.2 Å². The van der Waals surface area contributed by atoms with Crippen LogP contribution in [0.1, 0.15) is 28.8 Å². The normalized spacial score (nSPS) is 13.5. The van der Waals surface area contributed by atoms with E-state index in [4.69, 9.17) is 0 Å². The molecule has 4 aromatic rings. The summed E-state index contributed by atoms with van der Waals surface area (Å²) in [6.07, 6.45) is 5.03. The van der Waals surface area contributed by atoms with Gasteiger partial charge in [-0.15, -0.1) is 0 Å². The monoisotopic (exact) mass is 497 g/mol. The molecule has 1 saturated carbocycles. The van der Waals surface area contributed by atoms with E-state index >= 15 is 0 Å². The van der Waals surface area contributed by atoms with Crippen molar-refractivity contribution in [3.8, 4) is 17.1 Å². The van der Waals surface area contributed by atoms with Crippen molar-refractivity contribution in [2.75, 3.05) is 0 Å². The lowest BCUT2D eigenvalue weighted by Crippen LogP contribution is -2.49. The zero-order valence-corrected chi connectivity index (χ0v) is 19.8. The average molecular weight is 498 g/mol. The minimum Gasteiger partial charge on any atom is -0.347 e. The topological polar surface area (TPSA) is 106 Å². The Balaban J connectivity index is 1.39. The third kappa shape index (κ3) is 5.78. The fraction of sp³-hybridized carbons (Fsp3) is 0.179. The quantitative estimate of drug-likeness (QED) is 0.345. The largest absolute Gasteiger partial charge is 0.347 e. The van der Waals surface area contributed by atoms with E-state index in [1.165, 1.54) is 23.0 Å². The maximum atomic E-state index is 13.4. The van der Waals surface area contributed by atoms with Crippen molar-refractivity contribution in [1.82, 2.24) is 25.4 Å². The molecule has 2 aromatic heterocycles. The van der Waals surface area contributed by atoms with Crippen LogP contribution in [-0.4, -0.2) is 44.4 Å². The molecular weight excluding hydrogens is 473 g/mol. The molecule has 0 aliphatic heterocycles. The predicted octanol–water partition coefficient (Wildman–Crippen LogP) is 3.26. The Morgan fingerprint density at radius 2 is 1.73 bits per heavy atom. The van der Waals surface area contributed by atoms with Gasteiger partial charge < -0.3 is 10.6 Å². The van der Waals surface area contributed by atoms with Gasteiger partial charge >= 0.3 is 0 Å². The molecule has 2 heterocycles. The number of carbonyl (C=O) groups is 3. The first-order chi connectivity index (χ1) is 18.0. The molecule has 8 nitrogen and oxygen atoms in total. The van der Waals surface area contributed by atoms with Crippen molar-refractivity contribution in [2.24, 2.45) is 0 Å². The lowest BCUT2D eigenvalue weighted by molar-refractivity contribution is -0.139. The van der Waals surface area contributed by atoms with Gasteiger partial charge in [0.1, 0.15) is 11.9 Å². The van der Waals surface area contributed by atoms with Crippen molar-refractivity contribution < 1.29 is 18.8 Å². The summed E-state index contributed by atoms with van der Waals surface area (Å²) in [7, 11) is 0. The predicted molar refractivity (Wildman–Crippen MR) is 134 cm³/mol. The Morgan fingerprint density at radius 3 is 2.46 bits per heavy atom. The summed E-state index contributed by atoms with van der Waals surface area (Å²) >= 11 is 0. The minimum atomic E-state index is -1.06. The van der Waals surface area contributed by atoms with E-state index in [9.17, 15) is 18.8 Å². The number of rotatable bonds is 9. The van der Waals surface area contributed by atoms with Crippen molar-refractivity contribution >= 4 is 17.6 Å². The highest BCUT2D eigenvalue weighted by Gasteiger charge is 2.32. The third-order valence-corrected chi connectivity index (χ3v) is 6.02. The Kier molecular flexibility index (Phi) is 6.85. The summed E-state index contributed by atoms with van der Waals surface area (Å²) in [6.45, 7) is 0. The SMILES string of the molecule is O=C(NC1CC1)C(=O)C(Cc1ccccc1)NC(=O)c1cccnc1-n1ccc(-c2ccc(F)cc2)n1. The van der Waals surface area contributed by atoms with E-state index in [0.717, 1.165) is 18.4 Å². The second kappa shape index (κ2) is 10.5. The maximum absolute atomic E-state index is 13.4. The summed E-state index contributed by atoms with van der Waals surface area (Å²) in [4.78, 5) is 43.3. The van der Waals surface area contributed by atoms with Gasteiger partial charge in [0.05, 0.1) is 11.3 Å². The number of carbonyl (C=O) groups excluding carboxylic acids is 3. The number of nitrogens with one attached hydrogen (secondary N) is 2. The molecule has 1 atom stereocenters. The molecule has 2 N–H and O–H groups in total. The second-order valence-electron chi connectivity index (χ2n) is 8.85. The Bertz CT molecular complexity index is 1430. The number of benzene rings is 2. The summed E-state index contributed by atoms with van der Waals surface area (Å²) in [5, 5.41) is 9.94. The number of nitrogens with zero attached hydrogens (tertiary/aromatic N) is 3.